The van der Waals surface area contributed by atoms with Crippen molar-refractivity contribution in [2.45, 2.75) is 52.0 Å². The van der Waals surface area contributed by atoms with Crippen LogP contribution in [0, 0.1) is 24.1 Å². The smallest absolute Gasteiger partial charge is 0.126 e. The summed E-state index contributed by atoms with van der Waals surface area (Å²) in [5.41, 5.74) is 3.39. The molecule has 0 spiro atoms. The largest absolute Gasteiger partial charge is 0.340 e. The van der Waals surface area contributed by atoms with Gasteiger partial charge in [0.15, 0.2) is 0 Å². The maximum Gasteiger partial charge on any atom is 0.126 e. The van der Waals surface area contributed by atoms with E-state index in [-0.39, 0.29) is 11.7 Å². The van der Waals surface area contributed by atoms with Crippen LogP contribution in [0.2, 0.25) is 0 Å². The van der Waals surface area contributed by atoms with Crippen LogP contribution in [0.5, 0.6) is 0 Å². The molecule has 1 heterocycles. The third-order valence-corrected chi connectivity index (χ3v) is 4.42. The molecular weight excluding hydrogens is 251 g/mol. The molecule has 0 radical (unpaired) electrons. The monoisotopic (exact) mass is 270 g/mol. The van der Waals surface area contributed by atoms with Gasteiger partial charge in [0.1, 0.15) is 11.9 Å². The summed E-state index contributed by atoms with van der Waals surface area (Å²) in [5, 5.41) is 10.3. The minimum absolute atomic E-state index is 0.227. The SMILES string of the molecule is Cc1cc2c(cc1F)c(C#N)c(C(C)C)n2C1CCC1. The van der Waals surface area contributed by atoms with E-state index in [0.717, 1.165) is 29.4 Å². The Hall–Kier alpha value is -1.82. The van der Waals surface area contributed by atoms with Crippen molar-refractivity contribution < 1.29 is 4.39 Å². The fraction of sp³-hybridized carbons (Fsp3) is 0.471. The Kier molecular flexibility index (Phi) is 3.05. The van der Waals surface area contributed by atoms with Gasteiger partial charge in [-0.2, -0.15) is 5.26 Å². The van der Waals surface area contributed by atoms with Crippen molar-refractivity contribution in [1.29, 1.82) is 5.26 Å². The van der Waals surface area contributed by atoms with Crippen molar-refractivity contribution in [2.75, 3.05) is 0 Å². The Balaban J connectivity index is 2.41. The Morgan fingerprint density at radius 1 is 1.35 bits per heavy atom. The molecule has 1 aromatic carbocycles. The average Bonchev–Trinajstić information content (AvgIpc) is 2.62. The highest BCUT2D eigenvalue weighted by atomic mass is 19.1. The Labute approximate surface area is 118 Å². The minimum Gasteiger partial charge on any atom is -0.340 e. The van der Waals surface area contributed by atoms with Crippen LogP contribution in [0.3, 0.4) is 0 Å². The van der Waals surface area contributed by atoms with Gasteiger partial charge in [0, 0.05) is 17.1 Å². The third-order valence-electron chi connectivity index (χ3n) is 4.42. The fourth-order valence-corrected chi connectivity index (χ4v) is 3.18. The summed E-state index contributed by atoms with van der Waals surface area (Å²) in [6.07, 6.45) is 3.56. The molecule has 3 heteroatoms. The van der Waals surface area contributed by atoms with Gasteiger partial charge in [-0.05, 0) is 49.8 Å². The molecule has 1 fully saturated rings. The average molecular weight is 270 g/mol. The van der Waals surface area contributed by atoms with Crippen molar-refractivity contribution in [3.8, 4) is 6.07 Å². The quantitative estimate of drug-likeness (QED) is 0.769. The molecule has 1 saturated carbocycles. The Bertz CT molecular complexity index is 715. The van der Waals surface area contributed by atoms with E-state index in [1.165, 1.54) is 12.5 Å². The van der Waals surface area contributed by atoms with Crippen LogP contribution >= 0.6 is 0 Å². The number of hydrogen-bond acceptors (Lipinski definition) is 1. The second-order valence-electron chi connectivity index (χ2n) is 6.10. The summed E-state index contributed by atoms with van der Waals surface area (Å²) in [4.78, 5) is 0. The molecule has 1 aromatic heterocycles. The van der Waals surface area contributed by atoms with Gasteiger partial charge in [0.05, 0.1) is 11.1 Å². The van der Waals surface area contributed by atoms with E-state index in [9.17, 15) is 9.65 Å². The van der Waals surface area contributed by atoms with E-state index >= 15 is 0 Å². The molecule has 0 N–H and O–H groups in total. The van der Waals surface area contributed by atoms with E-state index in [0.29, 0.717) is 17.2 Å². The van der Waals surface area contributed by atoms with Gasteiger partial charge in [-0.3, -0.25) is 0 Å². The molecule has 0 amide bonds. The number of aromatic nitrogens is 1. The number of benzene rings is 1. The fourth-order valence-electron chi connectivity index (χ4n) is 3.18. The summed E-state index contributed by atoms with van der Waals surface area (Å²) < 4.78 is 16.2. The van der Waals surface area contributed by atoms with Gasteiger partial charge in [-0.15, -0.1) is 0 Å². The predicted molar refractivity (Wildman–Crippen MR) is 78.3 cm³/mol. The molecule has 20 heavy (non-hydrogen) atoms. The second kappa shape index (κ2) is 4.63. The Morgan fingerprint density at radius 3 is 2.55 bits per heavy atom. The molecule has 104 valence electrons. The lowest BCUT2D eigenvalue weighted by atomic mass is 9.91. The van der Waals surface area contributed by atoms with Gasteiger partial charge in [-0.25, -0.2) is 4.39 Å². The van der Waals surface area contributed by atoms with Gasteiger partial charge in [-0.1, -0.05) is 13.8 Å². The topological polar surface area (TPSA) is 28.7 Å². The highest BCUT2D eigenvalue weighted by Gasteiger charge is 2.28. The van der Waals surface area contributed by atoms with Crippen molar-refractivity contribution in [1.82, 2.24) is 4.57 Å². The van der Waals surface area contributed by atoms with Crippen molar-refractivity contribution >= 4 is 10.9 Å². The lowest BCUT2D eigenvalue weighted by molar-refractivity contribution is 0.312. The second-order valence-corrected chi connectivity index (χ2v) is 6.10. The highest BCUT2D eigenvalue weighted by Crippen LogP contribution is 2.41. The van der Waals surface area contributed by atoms with E-state index in [1.807, 2.05) is 6.07 Å². The van der Waals surface area contributed by atoms with Crippen molar-refractivity contribution in [3.05, 3.63) is 34.8 Å². The van der Waals surface area contributed by atoms with Crippen molar-refractivity contribution in [3.63, 3.8) is 0 Å². The van der Waals surface area contributed by atoms with Gasteiger partial charge in [0.2, 0.25) is 0 Å². The van der Waals surface area contributed by atoms with Gasteiger partial charge in [0.25, 0.3) is 0 Å². The number of hydrogen-bond donors (Lipinski definition) is 0. The standard InChI is InChI=1S/C17H19FN2/c1-10(2)17-14(9-19)13-8-15(18)11(3)7-16(13)20(17)12-5-4-6-12/h7-8,10,12H,4-6H2,1-3H3. The number of halogens is 1. The molecule has 0 saturated heterocycles. The molecule has 0 bridgehead atoms. The molecule has 1 aliphatic carbocycles. The van der Waals surface area contributed by atoms with Crippen LogP contribution < -0.4 is 0 Å². The summed E-state index contributed by atoms with van der Waals surface area (Å²) in [7, 11) is 0. The third kappa shape index (κ3) is 1.75. The summed E-state index contributed by atoms with van der Waals surface area (Å²) in [6.45, 7) is 5.99. The lowest BCUT2D eigenvalue weighted by Gasteiger charge is -2.31. The normalized spacial score (nSPS) is 15.6. The number of nitriles is 1. The first kappa shape index (κ1) is 13.2. The number of aryl methyl sites for hydroxylation is 1. The van der Waals surface area contributed by atoms with Crippen LogP contribution in [0.1, 0.15) is 61.9 Å². The van der Waals surface area contributed by atoms with Crippen LogP contribution in [-0.4, -0.2) is 4.57 Å². The lowest BCUT2D eigenvalue weighted by Crippen LogP contribution is -2.19. The van der Waals surface area contributed by atoms with Crippen LogP contribution in [0.25, 0.3) is 10.9 Å². The van der Waals surface area contributed by atoms with Gasteiger partial charge < -0.3 is 4.57 Å². The van der Waals surface area contributed by atoms with E-state index < -0.39 is 0 Å². The minimum atomic E-state index is -0.227. The van der Waals surface area contributed by atoms with Gasteiger partial charge >= 0.3 is 0 Å². The van der Waals surface area contributed by atoms with E-state index in [2.05, 4.69) is 24.5 Å². The molecule has 0 aliphatic heterocycles. The summed E-state index contributed by atoms with van der Waals surface area (Å²) in [5.74, 6) is 0.0380. The number of nitrogens with zero attached hydrogens (tertiary/aromatic N) is 2. The molecule has 3 rings (SSSR count). The number of fused-ring (bicyclic) bond motifs is 1. The van der Waals surface area contributed by atoms with E-state index in [1.54, 1.807) is 6.92 Å². The van der Waals surface area contributed by atoms with E-state index in [4.69, 9.17) is 0 Å². The highest BCUT2D eigenvalue weighted by molar-refractivity contribution is 5.89. The molecule has 2 aromatic rings. The predicted octanol–water partition coefficient (Wildman–Crippen LogP) is 4.81. The zero-order chi connectivity index (χ0) is 14.4. The molecular formula is C17H19FN2. The summed E-state index contributed by atoms with van der Waals surface area (Å²) in [6, 6.07) is 6.21. The van der Waals surface area contributed by atoms with Crippen LogP contribution in [-0.2, 0) is 0 Å². The first-order valence-electron chi connectivity index (χ1n) is 7.28. The van der Waals surface area contributed by atoms with Crippen LogP contribution in [0.15, 0.2) is 12.1 Å². The Morgan fingerprint density at radius 2 is 2.05 bits per heavy atom. The molecule has 2 nitrogen and oxygen atoms in total. The molecule has 1 aliphatic rings. The number of rotatable bonds is 2. The first-order valence-corrected chi connectivity index (χ1v) is 7.28. The zero-order valence-corrected chi connectivity index (χ0v) is 12.2. The van der Waals surface area contributed by atoms with Crippen molar-refractivity contribution in [2.24, 2.45) is 0 Å². The molecule has 0 unspecified atom stereocenters. The first-order chi connectivity index (χ1) is 9.54. The maximum atomic E-state index is 13.9. The molecule has 0 atom stereocenters. The summed E-state index contributed by atoms with van der Waals surface area (Å²) >= 11 is 0. The maximum absolute atomic E-state index is 13.9. The van der Waals surface area contributed by atoms with Crippen LogP contribution in [0.4, 0.5) is 4.39 Å². The zero-order valence-electron chi connectivity index (χ0n) is 12.2.